The van der Waals surface area contributed by atoms with Gasteiger partial charge in [-0.25, -0.2) is 4.39 Å². The Morgan fingerprint density at radius 3 is 2.69 bits per heavy atom. The predicted molar refractivity (Wildman–Crippen MR) is 64.9 cm³/mol. The summed E-state index contributed by atoms with van der Waals surface area (Å²) in [6.07, 6.45) is 5.70. The summed E-state index contributed by atoms with van der Waals surface area (Å²) < 4.78 is 13.4. The van der Waals surface area contributed by atoms with Gasteiger partial charge in [0.05, 0.1) is 0 Å². The maximum absolute atomic E-state index is 13.4. The van der Waals surface area contributed by atoms with Gasteiger partial charge in [0.25, 0.3) is 0 Å². The van der Waals surface area contributed by atoms with Crippen LogP contribution in [0.25, 0.3) is 0 Å². The average molecular weight is 221 g/mol. The summed E-state index contributed by atoms with van der Waals surface area (Å²) in [5.41, 5.74) is 8.19. The molecule has 2 rings (SSSR count). The third kappa shape index (κ3) is 2.82. The van der Waals surface area contributed by atoms with Crippen molar-refractivity contribution < 1.29 is 4.39 Å². The first kappa shape index (κ1) is 11.6. The van der Waals surface area contributed by atoms with Crippen LogP contribution in [0, 0.1) is 12.7 Å². The molecule has 88 valence electrons. The number of halogens is 1. The van der Waals surface area contributed by atoms with Crippen LogP contribution in [0.2, 0.25) is 0 Å². The summed E-state index contributed by atoms with van der Waals surface area (Å²) in [7, 11) is 0. The van der Waals surface area contributed by atoms with Crippen LogP contribution in [0.4, 0.5) is 4.39 Å². The van der Waals surface area contributed by atoms with Crippen LogP contribution in [-0.2, 0) is 0 Å². The molecular weight excluding hydrogens is 201 g/mol. The quantitative estimate of drug-likeness (QED) is 0.721. The Morgan fingerprint density at radius 1 is 1.19 bits per heavy atom. The van der Waals surface area contributed by atoms with Crippen molar-refractivity contribution in [3.05, 3.63) is 35.1 Å². The van der Waals surface area contributed by atoms with E-state index in [2.05, 4.69) is 6.07 Å². The first-order valence-electron chi connectivity index (χ1n) is 6.18. The smallest absolute Gasteiger partial charge is 0.123 e. The third-order valence-corrected chi connectivity index (χ3v) is 3.50. The Bertz CT molecular complexity index is 342. The summed E-state index contributed by atoms with van der Waals surface area (Å²) >= 11 is 0. The molecule has 2 atom stereocenters. The molecule has 0 spiro atoms. The van der Waals surface area contributed by atoms with E-state index in [1.807, 2.05) is 6.92 Å². The molecule has 0 radical (unpaired) electrons. The van der Waals surface area contributed by atoms with E-state index in [0.29, 0.717) is 5.92 Å². The minimum absolute atomic E-state index is 0.118. The van der Waals surface area contributed by atoms with Crippen LogP contribution < -0.4 is 5.73 Å². The van der Waals surface area contributed by atoms with Gasteiger partial charge >= 0.3 is 0 Å². The molecule has 16 heavy (non-hydrogen) atoms. The van der Waals surface area contributed by atoms with Gasteiger partial charge in [0.15, 0.2) is 0 Å². The molecule has 0 amide bonds. The monoisotopic (exact) mass is 221 g/mol. The highest BCUT2D eigenvalue weighted by Gasteiger charge is 2.19. The standard InChI is InChI=1S/C14H20FN/c1-10-6-12(8-13(15)7-10)11-4-2-3-5-14(16)9-11/h6-8,11,14H,2-5,9,16H2,1H3. The molecule has 0 bridgehead atoms. The fourth-order valence-corrected chi connectivity index (χ4v) is 2.70. The third-order valence-electron chi connectivity index (χ3n) is 3.50. The Labute approximate surface area is 96.9 Å². The molecule has 1 aromatic carbocycles. The van der Waals surface area contributed by atoms with Gasteiger partial charge in [-0.2, -0.15) is 0 Å². The first-order chi connectivity index (χ1) is 7.65. The van der Waals surface area contributed by atoms with Crippen molar-refractivity contribution in [2.45, 2.75) is 51.0 Å². The molecule has 1 nitrogen and oxygen atoms in total. The summed E-state index contributed by atoms with van der Waals surface area (Å²) in [4.78, 5) is 0. The highest BCUT2D eigenvalue weighted by molar-refractivity contribution is 5.27. The van der Waals surface area contributed by atoms with Gasteiger partial charge in [0.2, 0.25) is 0 Å². The van der Waals surface area contributed by atoms with E-state index < -0.39 is 0 Å². The Balaban J connectivity index is 2.21. The van der Waals surface area contributed by atoms with E-state index in [0.717, 1.165) is 30.4 Å². The molecule has 0 saturated heterocycles. The summed E-state index contributed by atoms with van der Waals surface area (Å²) in [5, 5.41) is 0. The topological polar surface area (TPSA) is 26.0 Å². The molecule has 0 aromatic heterocycles. The van der Waals surface area contributed by atoms with E-state index >= 15 is 0 Å². The molecule has 1 aliphatic rings. The normalized spacial score (nSPS) is 26.4. The zero-order chi connectivity index (χ0) is 11.5. The Morgan fingerprint density at radius 2 is 1.94 bits per heavy atom. The van der Waals surface area contributed by atoms with Crippen molar-refractivity contribution in [2.75, 3.05) is 0 Å². The SMILES string of the molecule is Cc1cc(F)cc(C2CCCCC(N)C2)c1. The lowest BCUT2D eigenvalue weighted by Crippen LogP contribution is -2.20. The van der Waals surface area contributed by atoms with Crippen molar-refractivity contribution in [2.24, 2.45) is 5.73 Å². The number of nitrogens with two attached hydrogens (primary N) is 1. The van der Waals surface area contributed by atoms with Gasteiger partial charge in [-0.05, 0) is 55.4 Å². The Kier molecular flexibility index (Phi) is 3.59. The predicted octanol–water partition coefficient (Wildman–Crippen LogP) is 3.51. The minimum Gasteiger partial charge on any atom is -0.328 e. The summed E-state index contributed by atoms with van der Waals surface area (Å²) in [6, 6.07) is 5.65. The lowest BCUT2D eigenvalue weighted by atomic mass is 9.89. The molecule has 1 fully saturated rings. The first-order valence-corrected chi connectivity index (χ1v) is 6.18. The van der Waals surface area contributed by atoms with Gasteiger partial charge in [0.1, 0.15) is 5.82 Å². The largest absolute Gasteiger partial charge is 0.328 e. The number of rotatable bonds is 1. The fraction of sp³-hybridized carbons (Fsp3) is 0.571. The molecule has 0 heterocycles. The fourth-order valence-electron chi connectivity index (χ4n) is 2.70. The highest BCUT2D eigenvalue weighted by atomic mass is 19.1. The lowest BCUT2D eigenvalue weighted by molar-refractivity contribution is 0.531. The molecule has 1 aliphatic carbocycles. The molecule has 0 aliphatic heterocycles. The van der Waals surface area contributed by atoms with E-state index in [9.17, 15) is 4.39 Å². The van der Waals surface area contributed by atoms with Crippen LogP contribution in [0.5, 0.6) is 0 Å². The van der Waals surface area contributed by atoms with Crippen molar-refractivity contribution in [3.8, 4) is 0 Å². The maximum Gasteiger partial charge on any atom is 0.123 e. The molecule has 2 N–H and O–H groups in total. The number of hydrogen-bond acceptors (Lipinski definition) is 1. The van der Waals surface area contributed by atoms with Crippen LogP contribution in [0.1, 0.15) is 49.1 Å². The maximum atomic E-state index is 13.4. The minimum atomic E-state index is -0.118. The van der Waals surface area contributed by atoms with Crippen LogP contribution in [-0.4, -0.2) is 6.04 Å². The second kappa shape index (κ2) is 4.96. The molecular formula is C14H20FN. The molecule has 2 unspecified atom stereocenters. The zero-order valence-corrected chi connectivity index (χ0v) is 9.88. The highest BCUT2D eigenvalue weighted by Crippen LogP contribution is 2.31. The lowest BCUT2D eigenvalue weighted by Gasteiger charge is -2.18. The summed E-state index contributed by atoms with van der Waals surface area (Å²) in [5.74, 6) is 0.333. The van der Waals surface area contributed by atoms with Gasteiger partial charge in [-0.1, -0.05) is 18.9 Å². The molecule has 2 heteroatoms. The number of hydrogen-bond donors (Lipinski definition) is 1. The van der Waals surface area contributed by atoms with Crippen LogP contribution in [0.15, 0.2) is 18.2 Å². The van der Waals surface area contributed by atoms with E-state index in [4.69, 9.17) is 5.73 Å². The van der Waals surface area contributed by atoms with Gasteiger partial charge < -0.3 is 5.73 Å². The Hall–Kier alpha value is -0.890. The second-order valence-electron chi connectivity index (χ2n) is 5.04. The van der Waals surface area contributed by atoms with Gasteiger partial charge in [-0.3, -0.25) is 0 Å². The summed E-state index contributed by atoms with van der Waals surface area (Å²) in [6.45, 7) is 1.95. The average Bonchev–Trinajstić information content (AvgIpc) is 2.41. The van der Waals surface area contributed by atoms with Crippen molar-refractivity contribution in [3.63, 3.8) is 0 Å². The number of benzene rings is 1. The van der Waals surface area contributed by atoms with Crippen molar-refractivity contribution in [1.82, 2.24) is 0 Å². The second-order valence-corrected chi connectivity index (χ2v) is 5.04. The zero-order valence-electron chi connectivity index (χ0n) is 9.88. The van der Waals surface area contributed by atoms with E-state index in [1.165, 1.54) is 12.8 Å². The van der Waals surface area contributed by atoms with E-state index in [-0.39, 0.29) is 11.9 Å². The van der Waals surface area contributed by atoms with Crippen LogP contribution in [0.3, 0.4) is 0 Å². The van der Waals surface area contributed by atoms with Gasteiger partial charge in [-0.15, -0.1) is 0 Å². The van der Waals surface area contributed by atoms with E-state index in [1.54, 1.807) is 12.1 Å². The molecule has 1 aromatic rings. The number of aryl methyl sites for hydroxylation is 1. The van der Waals surface area contributed by atoms with Crippen molar-refractivity contribution in [1.29, 1.82) is 0 Å². The van der Waals surface area contributed by atoms with Crippen molar-refractivity contribution >= 4 is 0 Å². The van der Waals surface area contributed by atoms with Gasteiger partial charge in [0, 0.05) is 6.04 Å². The van der Waals surface area contributed by atoms with Crippen LogP contribution >= 0.6 is 0 Å². The molecule has 1 saturated carbocycles.